The summed E-state index contributed by atoms with van der Waals surface area (Å²) in [4.78, 5) is 9.29. The standard InChI is InChI=1S/C29H29N7O2/c1-2-3-10-27-31-26(29-37-14-15-38-29)19-36(27)18-20-11-12-23(25(16-20)21-7-6-13-30-17-21)22-8-4-5-9-24(22)28-32-34-35-33-28/h4-9,11-13,16-17,19,29H,2-3,10,14-15,18H2,1H3,(H,32,33,34,35). The molecule has 38 heavy (non-hydrogen) atoms. The molecule has 1 aliphatic heterocycles. The smallest absolute Gasteiger partial charge is 0.202 e. The molecular weight excluding hydrogens is 478 g/mol. The van der Waals surface area contributed by atoms with E-state index < -0.39 is 0 Å². The molecule has 6 rings (SSSR count). The van der Waals surface area contributed by atoms with Gasteiger partial charge in [0, 0.05) is 42.7 Å². The van der Waals surface area contributed by atoms with Gasteiger partial charge in [0.25, 0.3) is 0 Å². The highest BCUT2D eigenvalue weighted by Gasteiger charge is 2.23. The van der Waals surface area contributed by atoms with Crippen LogP contribution in [0.4, 0.5) is 0 Å². The number of aromatic amines is 1. The Morgan fingerprint density at radius 2 is 1.82 bits per heavy atom. The number of imidazole rings is 1. The number of ether oxygens (including phenoxy) is 2. The number of tetrazole rings is 1. The maximum absolute atomic E-state index is 5.72. The van der Waals surface area contributed by atoms with Gasteiger partial charge in [-0.15, -0.1) is 5.10 Å². The molecule has 3 aromatic heterocycles. The predicted octanol–water partition coefficient (Wildman–Crippen LogP) is 5.23. The molecule has 0 atom stereocenters. The quantitative estimate of drug-likeness (QED) is 0.291. The summed E-state index contributed by atoms with van der Waals surface area (Å²) in [5.41, 5.74) is 7.20. The number of unbranched alkanes of at least 4 members (excludes halogenated alkanes) is 1. The second-order valence-electron chi connectivity index (χ2n) is 9.30. The summed E-state index contributed by atoms with van der Waals surface area (Å²) in [6.07, 6.45) is 8.49. The summed E-state index contributed by atoms with van der Waals surface area (Å²) < 4.78 is 13.7. The van der Waals surface area contributed by atoms with Crippen molar-refractivity contribution in [3.63, 3.8) is 0 Å². The molecule has 0 bridgehead atoms. The van der Waals surface area contributed by atoms with Gasteiger partial charge >= 0.3 is 0 Å². The number of aromatic nitrogens is 7. The first-order valence-electron chi connectivity index (χ1n) is 13.0. The van der Waals surface area contributed by atoms with Crippen LogP contribution in [0.15, 0.2) is 73.2 Å². The van der Waals surface area contributed by atoms with E-state index in [0.717, 1.165) is 58.6 Å². The largest absolute Gasteiger partial charge is 0.345 e. The van der Waals surface area contributed by atoms with Crippen molar-refractivity contribution in [1.29, 1.82) is 0 Å². The number of hydrogen-bond donors (Lipinski definition) is 1. The first-order chi connectivity index (χ1) is 18.8. The van der Waals surface area contributed by atoms with Crippen LogP contribution >= 0.6 is 0 Å². The zero-order valence-corrected chi connectivity index (χ0v) is 21.2. The lowest BCUT2D eigenvalue weighted by molar-refractivity contribution is -0.0471. The minimum atomic E-state index is -0.382. The molecule has 0 unspecified atom stereocenters. The lowest BCUT2D eigenvalue weighted by Crippen LogP contribution is -2.05. The van der Waals surface area contributed by atoms with E-state index in [-0.39, 0.29) is 6.29 Å². The minimum Gasteiger partial charge on any atom is -0.345 e. The fourth-order valence-corrected chi connectivity index (χ4v) is 4.87. The van der Waals surface area contributed by atoms with Crippen LogP contribution in [-0.2, 0) is 22.4 Å². The Bertz CT molecular complexity index is 1490. The van der Waals surface area contributed by atoms with Gasteiger partial charge in [0.1, 0.15) is 11.5 Å². The predicted molar refractivity (Wildman–Crippen MR) is 143 cm³/mol. The van der Waals surface area contributed by atoms with E-state index in [9.17, 15) is 0 Å². The maximum atomic E-state index is 5.72. The van der Waals surface area contributed by atoms with Crippen LogP contribution in [0.3, 0.4) is 0 Å². The van der Waals surface area contributed by atoms with Gasteiger partial charge in [-0.1, -0.05) is 55.8 Å². The third-order valence-corrected chi connectivity index (χ3v) is 6.72. The second-order valence-corrected chi connectivity index (χ2v) is 9.30. The van der Waals surface area contributed by atoms with Crippen LogP contribution in [0.1, 0.15) is 43.1 Å². The molecule has 0 aliphatic carbocycles. The number of benzene rings is 2. The fraction of sp³-hybridized carbons (Fsp3) is 0.276. The molecule has 0 spiro atoms. The van der Waals surface area contributed by atoms with Crippen LogP contribution in [0.25, 0.3) is 33.6 Å². The number of nitrogens with zero attached hydrogens (tertiary/aromatic N) is 6. The average molecular weight is 508 g/mol. The summed E-state index contributed by atoms with van der Waals surface area (Å²) in [6.45, 7) is 4.09. The van der Waals surface area contributed by atoms with E-state index in [4.69, 9.17) is 14.5 Å². The van der Waals surface area contributed by atoms with Crippen LogP contribution in [0.5, 0.6) is 0 Å². The van der Waals surface area contributed by atoms with Crippen molar-refractivity contribution in [3.05, 3.63) is 90.3 Å². The van der Waals surface area contributed by atoms with Crippen molar-refractivity contribution in [2.45, 2.75) is 39.0 Å². The maximum Gasteiger partial charge on any atom is 0.202 e. The molecule has 0 radical (unpaired) electrons. The zero-order valence-electron chi connectivity index (χ0n) is 21.2. The van der Waals surface area contributed by atoms with Crippen molar-refractivity contribution in [1.82, 2.24) is 35.2 Å². The Morgan fingerprint density at radius 1 is 0.974 bits per heavy atom. The second kappa shape index (κ2) is 11.0. The third-order valence-electron chi connectivity index (χ3n) is 6.72. The molecule has 1 aliphatic rings. The summed E-state index contributed by atoms with van der Waals surface area (Å²) in [7, 11) is 0. The molecule has 9 heteroatoms. The molecule has 1 N–H and O–H groups in total. The number of nitrogens with one attached hydrogen (secondary N) is 1. The highest BCUT2D eigenvalue weighted by molar-refractivity contribution is 5.90. The number of hydrogen-bond acceptors (Lipinski definition) is 7. The Hall–Kier alpha value is -4.21. The van der Waals surface area contributed by atoms with Crippen LogP contribution in [0, 0.1) is 0 Å². The summed E-state index contributed by atoms with van der Waals surface area (Å²) >= 11 is 0. The van der Waals surface area contributed by atoms with Gasteiger partial charge in [-0.05, 0) is 51.2 Å². The third kappa shape index (κ3) is 4.98. The molecule has 192 valence electrons. The van der Waals surface area contributed by atoms with E-state index in [1.54, 1.807) is 6.20 Å². The van der Waals surface area contributed by atoms with E-state index in [1.165, 1.54) is 5.56 Å². The van der Waals surface area contributed by atoms with Gasteiger partial charge in [-0.3, -0.25) is 4.98 Å². The van der Waals surface area contributed by atoms with Crippen molar-refractivity contribution in [2.75, 3.05) is 13.2 Å². The minimum absolute atomic E-state index is 0.382. The van der Waals surface area contributed by atoms with Crippen molar-refractivity contribution >= 4 is 0 Å². The Labute approximate surface area is 220 Å². The molecule has 0 amide bonds. The van der Waals surface area contributed by atoms with Gasteiger partial charge in [0.2, 0.25) is 6.29 Å². The number of aryl methyl sites for hydroxylation is 1. The van der Waals surface area contributed by atoms with Crippen LogP contribution in [-0.4, -0.2) is 48.4 Å². The van der Waals surface area contributed by atoms with Crippen molar-refractivity contribution in [2.24, 2.45) is 0 Å². The van der Waals surface area contributed by atoms with Gasteiger partial charge in [-0.25, -0.2) is 10.1 Å². The topological polar surface area (TPSA) is 104 Å². The van der Waals surface area contributed by atoms with Gasteiger partial charge in [0.15, 0.2) is 5.82 Å². The molecule has 4 heterocycles. The Balaban J connectivity index is 1.41. The van der Waals surface area contributed by atoms with Crippen LogP contribution < -0.4 is 0 Å². The molecule has 2 aromatic carbocycles. The summed E-state index contributed by atoms with van der Waals surface area (Å²) in [5, 5.41) is 14.6. The van der Waals surface area contributed by atoms with E-state index >= 15 is 0 Å². The number of pyridine rings is 1. The molecule has 1 fully saturated rings. The van der Waals surface area contributed by atoms with Gasteiger partial charge < -0.3 is 14.0 Å². The molecular formula is C29H29N7O2. The highest BCUT2D eigenvalue weighted by Crippen LogP contribution is 2.37. The first-order valence-corrected chi connectivity index (χ1v) is 13.0. The Kier molecular flexibility index (Phi) is 7.01. The first kappa shape index (κ1) is 24.1. The van der Waals surface area contributed by atoms with Crippen molar-refractivity contribution < 1.29 is 9.47 Å². The lowest BCUT2D eigenvalue weighted by Gasteiger charge is -2.16. The Morgan fingerprint density at radius 3 is 2.58 bits per heavy atom. The van der Waals surface area contributed by atoms with Gasteiger partial charge in [0.05, 0.1) is 13.2 Å². The summed E-state index contributed by atoms with van der Waals surface area (Å²) in [5.74, 6) is 1.68. The monoisotopic (exact) mass is 507 g/mol. The van der Waals surface area contributed by atoms with E-state index in [0.29, 0.717) is 25.6 Å². The summed E-state index contributed by atoms with van der Waals surface area (Å²) in [6, 6.07) is 18.8. The number of rotatable bonds is 9. The van der Waals surface area contributed by atoms with E-state index in [1.807, 2.05) is 30.5 Å². The molecule has 9 nitrogen and oxygen atoms in total. The SMILES string of the molecule is CCCCc1nc(C2OCCO2)cn1Cc1ccc(-c2ccccc2-c2nnn[nH]2)c(-c2cccnc2)c1. The normalized spacial score (nSPS) is 13.8. The average Bonchev–Trinajstić information content (AvgIpc) is 3.75. The fourth-order valence-electron chi connectivity index (χ4n) is 4.87. The van der Waals surface area contributed by atoms with Gasteiger partial charge in [-0.2, -0.15) is 0 Å². The highest BCUT2D eigenvalue weighted by atomic mass is 16.7. The molecule has 5 aromatic rings. The molecule has 0 saturated carbocycles. The van der Waals surface area contributed by atoms with Crippen LogP contribution in [0.2, 0.25) is 0 Å². The van der Waals surface area contributed by atoms with E-state index in [2.05, 4.69) is 73.6 Å². The zero-order chi connectivity index (χ0) is 25.7. The van der Waals surface area contributed by atoms with Crippen molar-refractivity contribution in [3.8, 4) is 33.6 Å². The molecule has 1 saturated heterocycles. The lowest BCUT2D eigenvalue weighted by atomic mass is 9.90. The number of H-pyrrole nitrogens is 1.